The molecular weight excluding hydrogens is 351 g/mol. The molecule has 0 bridgehead atoms. The van der Waals surface area contributed by atoms with Gasteiger partial charge in [0, 0.05) is 22.6 Å². The topological polar surface area (TPSA) is 46.9 Å². The predicted molar refractivity (Wildman–Crippen MR) is 91.6 cm³/mol. The number of rotatable bonds is 2. The van der Waals surface area contributed by atoms with E-state index in [-0.39, 0.29) is 11.1 Å². The molecule has 25 heavy (non-hydrogen) atoms. The van der Waals surface area contributed by atoms with Gasteiger partial charge >= 0.3 is 6.18 Å². The fourth-order valence-electron chi connectivity index (χ4n) is 2.62. The van der Waals surface area contributed by atoms with Crippen LogP contribution >= 0.6 is 11.8 Å². The summed E-state index contributed by atoms with van der Waals surface area (Å²) in [7, 11) is 0. The Morgan fingerprint density at radius 2 is 1.80 bits per heavy atom. The summed E-state index contributed by atoms with van der Waals surface area (Å²) in [6, 6.07) is 4.20. The van der Waals surface area contributed by atoms with E-state index in [0.29, 0.717) is 5.82 Å². The van der Waals surface area contributed by atoms with Gasteiger partial charge in [0.25, 0.3) is 5.91 Å². The molecule has 0 radical (unpaired) electrons. The smallest absolute Gasteiger partial charge is 0.306 e. The molecule has 1 aliphatic rings. The lowest BCUT2D eigenvalue weighted by atomic mass is 10.1. The zero-order valence-corrected chi connectivity index (χ0v) is 14.9. The number of alkyl halides is 3. The van der Waals surface area contributed by atoms with Crippen LogP contribution in [0.15, 0.2) is 24.3 Å². The van der Waals surface area contributed by atoms with Crippen LogP contribution in [-0.4, -0.2) is 15.7 Å². The number of halogens is 3. The minimum atomic E-state index is -4.42. The molecular formula is C17H18F3N3OS. The molecule has 0 saturated carbocycles. The van der Waals surface area contributed by atoms with Crippen molar-refractivity contribution in [2.45, 2.75) is 44.0 Å². The Labute approximate surface area is 147 Å². The van der Waals surface area contributed by atoms with E-state index in [9.17, 15) is 18.0 Å². The largest absolute Gasteiger partial charge is 0.416 e. The molecule has 134 valence electrons. The van der Waals surface area contributed by atoms with Crippen LogP contribution in [0.5, 0.6) is 0 Å². The van der Waals surface area contributed by atoms with E-state index in [0.717, 1.165) is 34.9 Å². The van der Waals surface area contributed by atoms with Crippen molar-refractivity contribution in [2.24, 2.45) is 0 Å². The van der Waals surface area contributed by atoms with Gasteiger partial charge in [0.2, 0.25) is 0 Å². The van der Waals surface area contributed by atoms with E-state index < -0.39 is 17.6 Å². The van der Waals surface area contributed by atoms with E-state index in [1.165, 1.54) is 12.1 Å². The van der Waals surface area contributed by atoms with Crippen LogP contribution < -0.4 is 5.32 Å². The van der Waals surface area contributed by atoms with E-state index in [2.05, 4.69) is 10.4 Å². The van der Waals surface area contributed by atoms with E-state index in [1.807, 2.05) is 20.8 Å². The number of thioether (sulfide) groups is 1. The summed E-state index contributed by atoms with van der Waals surface area (Å²) in [5, 5.41) is 7.43. The summed E-state index contributed by atoms with van der Waals surface area (Å²) in [6.45, 7) is 5.95. The molecule has 0 aliphatic carbocycles. The minimum absolute atomic E-state index is 0.175. The number of hydrogen-bond acceptors (Lipinski definition) is 3. The van der Waals surface area contributed by atoms with Crippen LogP contribution in [-0.2, 0) is 23.2 Å². The molecule has 0 unspecified atom stereocenters. The number of nitrogens with zero attached hydrogens (tertiary/aromatic N) is 2. The predicted octanol–water partition coefficient (Wildman–Crippen LogP) is 4.66. The Morgan fingerprint density at radius 3 is 2.36 bits per heavy atom. The van der Waals surface area contributed by atoms with E-state index in [1.54, 1.807) is 16.4 Å². The second-order valence-electron chi connectivity index (χ2n) is 6.88. The molecule has 1 aromatic carbocycles. The third kappa shape index (κ3) is 3.53. The summed E-state index contributed by atoms with van der Waals surface area (Å²) in [4.78, 5) is 12.5. The Bertz CT molecular complexity index is 804. The molecule has 2 aromatic rings. The first-order valence-electron chi connectivity index (χ1n) is 7.75. The van der Waals surface area contributed by atoms with Crippen molar-refractivity contribution in [1.82, 2.24) is 9.78 Å². The molecule has 4 nitrogen and oxygen atoms in total. The normalized spacial score (nSPS) is 14.5. The Balaban J connectivity index is 1.89. The first kappa shape index (κ1) is 17.8. The number of fused-ring (bicyclic) bond motifs is 1. The molecule has 0 spiro atoms. The highest BCUT2D eigenvalue weighted by molar-refractivity contribution is 7.98. The van der Waals surface area contributed by atoms with Gasteiger partial charge in [-0.3, -0.25) is 4.79 Å². The third-order valence-electron chi connectivity index (χ3n) is 3.89. The van der Waals surface area contributed by atoms with Crippen LogP contribution in [0.3, 0.4) is 0 Å². The molecule has 1 amide bonds. The monoisotopic (exact) mass is 369 g/mol. The first-order chi connectivity index (χ1) is 11.6. The van der Waals surface area contributed by atoms with Crippen molar-refractivity contribution < 1.29 is 18.0 Å². The van der Waals surface area contributed by atoms with Gasteiger partial charge in [0.1, 0.15) is 5.82 Å². The molecule has 8 heteroatoms. The van der Waals surface area contributed by atoms with Gasteiger partial charge < -0.3 is 5.32 Å². The van der Waals surface area contributed by atoms with Crippen molar-refractivity contribution in [1.29, 1.82) is 0 Å². The molecule has 1 aliphatic heterocycles. The fraction of sp³-hybridized carbons (Fsp3) is 0.412. The zero-order chi connectivity index (χ0) is 18.4. The Hall–Kier alpha value is -1.96. The van der Waals surface area contributed by atoms with Gasteiger partial charge in [-0.15, -0.1) is 0 Å². The molecule has 2 heterocycles. The van der Waals surface area contributed by atoms with E-state index >= 15 is 0 Å². The maximum absolute atomic E-state index is 12.6. The number of amides is 1. The van der Waals surface area contributed by atoms with Crippen LogP contribution in [0.1, 0.15) is 48.0 Å². The van der Waals surface area contributed by atoms with Crippen molar-refractivity contribution in [3.8, 4) is 0 Å². The highest BCUT2D eigenvalue weighted by atomic mass is 32.2. The molecule has 3 rings (SSSR count). The average Bonchev–Trinajstić information content (AvgIpc) is 3.08. The lowest BCUT2D eigenvalue weighted by molar-refractivity contribution is -0.137. The Morgan fingerprint density at radius 1 is 1.16 bits per heavy atom. The third-order valence-corrected chi connectivity index (χ3v) is 4.86. The SMILES string of the molecule is CC(C)(C)n1nc2c(c1NC(=O)c1ccc(C(F)(F)F)cc1)CSC2. The first-order valence-corrected chi connectivity index (χ1v) is 8.90. The molecule has 0 saturated heterocycles. The van der Waals surface area contributed by atoms with Crippen LogP contribution in [0.25, 0.3) is 0 Å². The van der Waals surface area contributed by atoms with Crippen molar-refractivity contribution in [3.63, 3.8) is 0 Å². The van der Waals surface area contributed by atoms with E-state index in [4.69, 9.17) is 0 Å². The highest BCUT2D eigenvalue weighted by Crippen LogP contribution is 2.37. The second-order valence-corrected chi connectivity index (χ2v) is 7.86. The van der Waals surface area contributed by atoms with Gasteiger partial charge in [0.05, 0.1) is 16.8 Å². The maximum Gasteiger partial charge on any atom is 0.416 e. The van der Waals surface area contributed by atoms with Crippen molar-refractivity contribution in [2.75, 3.05) is 5.32 Å². The lowest BCUT2D eigenvalue weighted by Gasteiger charge is -2.23. The van der Waals surface area contributed by atoms with Crippen molar-refractivity contribution >= 4 is 23.5 Å². The lowest BCUT2D eigenvalue weighted by Crippen LogP contribution is -2.27. The zero-order valence-electron chi connectivity index (χ0n) is 14.1. The number of carbonyl (C=O) groups is 1. The summed E-state index contributed by atoms with van der Waals surface area (Å²) < 4.78 is 39.7. The second kappa shape index (κ2) is 6.09. The van der Waals surface area contributed by atoms with Crippen molar-refractivity contribution in [3.05, 3.63) is 46.6 Å². The summed E-state index contributed by atoms with van der Waals surface area (Å²) in [5.74, 6) is 1.73. The average molecular weight is 369 g/mol. The van der Waals surface area contributed by atoms with Gasteiger partial charge in [-0.05, 0) is 45.0 Å². The van der Waals surface area contributed by atoms with Crippen LogP contribution in [0, 0.1) is 0 Å². The number of aromatic nitrogens is 2. The number of benzene rings is 1. The van der Waals surface area contributed by atoms with Gasteiger partial charge in [0.15, 0.2) is 0 Å². The fourth-order valence-corrected chi connectivity index (χ4v) is 3.65. The molecule has 0 atom stereocenters. The number of anilines is 1. The van der Waals surface area contributed by atoms with Gasteiger partial charge in [-0.2, -0.15) is 30.0 Å². The highest BCUT2D eigenvalue weighted by Gasteiger charge is 2.31. The number of carbonyl (C=O) groups excluding carboxylic acids is 1. The molecule has 0 fully saturated rings. The summed E-state index contributed by atoms with van der Waals surface area (Å²) in [5.41, 5.74) is 1.01. The Kier molecular flexibility index (Phi) is 4.35. The summed E-state index contributed by atoms with van der Waals surface area (Å²) in [6.07, 6.45) is -4.42. The minimum Gasteiger partial charge on any atom is -0.306 e. The molecule has 1 aromatic heterocycles. The molecule has 1 N–H and O–H groups in total. The summed E-state index contributed by atoms with van der Waals surface area (Å²) >= 11 is 1.72. The van der Waals surface area contributed by atoms with Crippen LogP contribution in [0.4, 0.5) is 19.0 Å². The number of hydrogen-bond donors (Lipinski definition) is 1. The number of nitrogens with one attached hydrogen (secondary N) is 1. The van der Waals surface area contributed by atoms with Gasteiger partial charge in [-0.1, -0.05) is 0 Å². The van der Waals surface area contributed by atoms with Crippen LogP contribution in [0.2, 0.25) is 0 Å². The maximum atomic E-state index is 12.6. The standard InChI is InChI=1S/C17H18F3N3OS/c1-16(2,3)23-14(12-8-25-9-13(12)22-23)21-15(24)10-4-6-11(7-5-10)17(18,19)20/h4-7H,8-9H2,1-3H3,(H,21,24). The van der Waals surface area contributed by atoms with Gasteiger partial charge in [-0.25, -0.2) is 4.68 Å². The quantitative estimate of drug-likeness (QED) is 0.838.